The molecule has 0 aliphatic carbocycles. The summed E-state index contributed by atoms with van der Waals surface area (Å²) in [5.74, 6) is 2.05. The summed E-state index contributed by atoms with van der Waals surface area (Å²) >= 11 is 6.24. The third-order valence-electron chi connectivity index (χ3n) is 5.76. The van der Waals surface area contributed by atoms with Crippen LogP contribution >= 0.6 is 11.6 Å². The minimum absolute atomic E-state index is 0.191. The maximum Gasteiger partial charge on any atom is 0.152 e. The molecule has 33 heavy (non-hydrogen) atoms. The summed E-state index contributed by atoms with van der Waals surface area (Å²) in [6, 6.07) is 13.5. The van der Waals surface area contributed by atoms with Crippen molar-refractivity contribution >= 4 is 28.4 Å². The first-order valence-electron chi connectivity index (χ1n) is 11.7. The van der Waals surface area contributed by atoms with Crippen LogP contribution in [0.25, 0.3) is 22.4 Å². The van der Waals surface area contributed by atoms with Crippen molar-refractivity contribution in [2.45, 2.75) is 33.2 Å². The topological polar surface area (TPSA) is 56.6 Å². The van der Waals surface area contributed by atoms with Crippen LogP contribution in [0, 0.1) is 5.92 Å². The van der Waals surface area contributed by atoms with Crippen LogP contribution in [0.4, 0.5) is 0 Å². The van der Waals surface area contributed by atoms with E-state index in [4.69, 9.17) is 26.1 Å². The fourth-order valence-electron chi connectivity index (χ4n) is 4.21. The number of benzene rings is 2. The van der Waals surface area contributed by atoms with Crippen LogP contribution in [0.2, 0.25) is 5.02 Å². The Hall–Kier alpha value is -2.41. The van der Waals surface area contributed by atoms with Crippen molar-refractivity contribution in [2.75, 3.05) is 39.5 Å². The number of imidazole rings is 1. The molecule has 0 saturated carbocycles. The fourth-order valence-corrected chi connectivity index (χ4v) is 4.40. The third kappa shape index (κ3) is 6.34. The zero-order chi connectivity index (χ0) is 23.2. The number of ether oxygens (including phenoxy) is 2. The van der Waals surface area contributed by atoms with Gasteiger partial charge in [0.1, 0.15) is 11.6 Å². The third-order valence-corrected chi connectivity index (χ3v) is 6.00. The molecule has 0 atom stereocenters. The van der Waals surface area contributed by atoms with Crippen LogP contribution < -0.4 is 4.74 Å². The molecule has 7 heteroatoms. The van der Waals surface area contributed by atoms with E-state index in [9.17, 15) is 4.79 Å². The van der Waals surface area contributed by atoms with Crippen LogP contribution in [-0.2, 0) is 16.1 Å². The Bertz CT molecular complexity index is 1090. The standard InChI is InChI=1S/C26H32ClN3O3/c1-19(2)15-22(31)18-30-25-8-7-23(33-12-4-9-29-10-13-32-14-11-29)17-24(25)28-26(30)20-5-3-6-21(27)16-20/h3,5-8,16-17,19H,4,9-15,18H2,1-2H3. The molecule has 2 aromatic carbocycles. The fraction of sp³-hybridized carbons (Fsp3) is 0.462. The Morgan fingerprint density at radius 3 is 2.76 bits per heavy atom. The van der Waals surface area contributed by atoms with Gasteiger partial charge in [-0.15, -0.1) is 0 Å². The van der Waals surface area contributed by atoms with Gasteiger partial charge in [0.15, 0.2) is 5.78 Å². The molecular formula is C26H32ClN3O3. The van der Waals surface area contributed by atoms with Crippen LogP contribution in [0.1, 0.15) is 26.7 Å². The number of halogens is 1. The lowest BCUT2D eigenvalue weighted by Crippen LogP contribution is -2.37. The van der Waals surface area contributed by atoms with Crippen LogP contribution in [-0.4, -0.2) is 59.7 Å². The number of aromatic nitrogens is 2. The van der Waals surface area contributed by atoms with Gasteiger partial charge in [0.2, 0.25) is 0 Å². The molecule has 0 bridgehead atoms. The van der Waals surface area contributed by atoms with Crippen molar-refractivity contribution in [2.24, 2.45) is 5.92 Å². The summed E-state index contributed by atoms with van der Waals surface area (Å²) in [4.78, 5) is 20.0. The molecule has 4 rings (SSSR count). The van der Waals surface area contributed by atoms with E-state index in [2.05, 4.69) is 18.7 Å². The average Bonchev–Trinajstić information content (AvgIpc) is 3.14. The van der Waals surface area contributed by atoms with Gasteiger partial charge in [0.25, 0.3) is 0 Å². The van der Waals surface area contributed by atoms with Crippen LogP contribution in [0.5, 0.6) is 5.75 Å². The first kappa shape index (κ1) is 23.7. The van der Waals surface area contributed by atoms with Gasteiger partial charge >= 0.3 is 0 Å². The Labute approximate surface area is 200 Å². The van der Waals surface area contributed by atoms with E-state index in [-0.39, 0.29) is 12.3 Å². The highest BCUT2D eigenvalue weighted by Crippen LogP contribution is 2.29. The number of rotatable bonds is 10. The number of carbonyl (C=O) groups is 1. The average molecular weight is 470 g/mol. The zero-order valence-electron chi connectivity index (χ0n) is 19.4. The van der Waals surface area contributed by atoms with Crippen molar-refractivity contribution in [3.8, 4) is 17.1 Å². The SMILES string of the molecule is CC(C)CC(=O)Cn1c(-c2cccc(Cl)c2)nc2cc(OCCCN3CCOCC3)ccc21. The van der Waals surface area contributed by atoms with E-state index in [1.54, 1.807) is 0 Å². The predicted molar refractivity (Wildman–Crippen MR) is 132 cm³/mol. The van der Waals surface area contributed by atoms with E-state index < -0.39 is 0 Å². The molecule has 6 nitrogen and oxygen atoms in total. The molecule has 1 aliphatic rings. The highest BCUT2D eigenvalue weighted by Gasteiger charge is 2.17. The number of carbonyl (C=O) groups excluding carboxylic acids is 1. The minimum atomic E-state index is 0.191. The number of hydrogen-bond donors (Lipinski definition) is 0. The van der Waals surface area contributed by atoms with Gasteiger partial charge in [-0.1, -0.05) is 37.6 Å². The Kier molecular flexibility index (Phi) is 8.02. The molecule has 0 unspecified atom stereocenters. The Balaban J connectivity index is 1.52. The first-order chi connectivity index (χ1) is 16.0. The second-order valence-corrected chi connectivity index (χ2v) is 9.41. The summed E-state index contributed by atoms with van der Waals surface area (Å²) in [6.45, 7) is 9.68. The molecule has 3 aromatic rings. The molecule has 1 saturated heterocycles. The molecule has 0 N–H and O–H groups in total. The molecule has 176 valence electrons. The van der Waals surface area contributed by atoms with Gasteiger partial charge in [0.05, 0.1) is 37.4 Å². The van der Waals surface area contributed by atoms with Gasteiger partial charge < -0.3 is 14.0 Å². The maximum absolute atomic E-state index is 12.7. The number of Topliss-reactive ketones (excluding diaryl/α,β-unsaturated/α-hetero) is 1. The quantitative estimate of drug-likeness (QED) is 0.388. The number of nitrogens with zero attached hydrogens (tertiary/aromatic N) is 3. The zero-order valence-corrected chi connectivity index (χ0v) is 20.2. The summed E-state index contributed by atoms with van der Waals surface area (Å²) in [5, 5.41) is 0.643. The van der Waals surface area contributed by atoms with E-state index in [1.807, 2.05) is 47.0 Å². The summed E-state index contributed by atoms with van der Waals surface area (Å²) in [7, 11) is 0. The summed E-state index contributed by atoms with van der Waals surface area (Å²) < 4.78 is 13.4. The van der Waals surface area contributed by atoms with E-state index in [0.717, 1.165) is 67.4 Å². The molecular weight excluding hydrogens is 438 g/mol. The number of hydrogen-bond acceptors (Lipinski definition) is 5. The molecule has 0 amide bonds. The lowest BCUT2D eigenvalue weighted by molar-refractivity contribution is -0.120. The normalized spacial score (nSPS) is 14.8. The Morgan fingerprint density at radius 2 is 2.00 bits per heavy atom. The van der Waals surface area contributed by atoms with Gasteiger partial charge in [-0.3, -0.25) is 9.69 Å². The summed E-state index contributed by atoms with van der Waals surface area (Å²) in [5.41, 5.74) is 2.62. The first-order valence-corrected chi connectivity index (χ1v) is 12.1. The molecule has 1 aliphatic heterocycles. The van der Waals surface area contributed by atoms with E-state index in [1.165, 1.54) is 0 Å². The van der Waals surface area contributed by atoms with Crippen molar-refractivity contribution in [1.29, 1.82) is 0 Å². The number of morpholine rings is 1. The molecule has 0 spiro atoms. The molecule has 1 aromatic heterocycles. The van der Waals surface area contributed by atoms with Gasteiger partial charge in [0, 0.05) is 42.7 Å². The predicted octanol–water partition coefficient (Wildman–Crippen LogP) is 5.07. The second-order valence-electron chi connectivity index (χ2n) is 8.98. The lowest BCUT2D eigenvalue weighted by Gasteiger charge is -2.26. The lowest BCUT2D eigenvalue weighted by atomic mass is 10.1. The van der Waals surface area contributed by atoms with E-state index in [0.29, 0.717) is 24.0 Å². The van der Waals surface area contributed by atoms with E-state index >= 15 is 0 Å². The number of fused-ring (bicyclic) bond motifs is 1. The van der Waals surface area contributed by atoms with Gasteiger partial charge in [-0.2, -0.15) is 0 Å². The van der Waals surface area contributed by atoms with Crippen molar-refractivity contribution in [3.05, 3.63) is 47.5 Å². The number of ketones is 1. The van der Waals surface area contributed by atoms with Crippen molar-refractivity contribution in [1.82, 2.24) is 14.5 Å². The van der Waals surface area contributed by atoms with Gasteiger partial charge in [-0.25, -0.2) is 4.98 Å². The summed E-state index contributed by atoms with van der Waals surface area (Å²) in [6.07, 6.45) is 1.50. The van der Waals surface area contributed by atoms with Crippen LogP contribution in [0.15, 0.2) is 42.5 Å². The highest BCUT2D eigenvalue weighted by atomic mass is 35.5. The van der Waals surface area contributed by atoms with Crippen molar-refractivity contribution in [3.63, 3.8) is 0 Å². The van der Waals surface area contributed by atoms with Gasteiger partial charge in [-0.05, 0) is 36.6 Å². The molecule has 2 heterocycles. The van der Waals surface area contributed by atoms with Crippen molar-refractivity contribution < 1.29 is 14.3 Å². The highest BCUT2D eigenvalue weighted by molar-refractivity contribution is 6.30. The molecule has 0 radical (unpaired) electrons. The monoisotopic (exact) mass is 469 g/mol. The smallest absolute Gasteiger partial charge is 0.152 e. The maximum atomic E-state index is 12.7. The van der Waals surface area contributed by atoms with Crippen LogP contribution in [0.3, 0.4) is 0 Å². The Morgan fingerprint density at radius 1 is 1.18 bits per heavy atom. The largest absolute Gasteiger partial charge is 0.493 e. The second kappa shape index (κ2) is 11.1. The minimum Gasteiger partial charge on any atom is -0.493 e. The molecule has 1 fully saturated rings.